The highest BCUT2D eigenvalue weighted by molar-refractivity contribution is 5.98. The summed E-state index contributed by atoms with van der Waals surface area (Å²) in [7, 11) is 3.36. The number of benzene rings is 1. The number of fused-ring (bicyclic) bond motifs is 1. The van der Waals surface area contributed by atoms with Crippen molar-refractivity contribution in [1.29, 1.82) is 0 Å². The summed E-state index contributed by atoms with van der Waals surface area (Å²) >= 11 is 0. The second kappa shape index (κ2) is 9.31. The smallest absolute Gasteiger partial charge is 0.246 e. The lowest BCUT2D eigenvalue weighted by molar-refractivity contribution is -0.117. The number of hydrogen-bond acceptors (Lipinski definition) is 2. The first-order valence-electron chi connectivity index (χ1n) is 8.99. The summed E-state index contributed by atoms with van der Waals surface area (Å²) in [6.07, 6.45) is 12.1. The first kappa shape index (κ1) is 18.3. The number of carbonyl (C=O) groups is 1. The van der Waals surface area contributed by atoms with Crippen LogP contribution in [0.4, 0.5) is 0 Å². The molecule has 0 aromatic heterocycles. The lowest BCUT2D eigenvalue weighted by atomic mass is 9.89. The SMILES string of the molecule is CCCCCC=C1CCCC(C(=O)NC)=Cc2cc(OC)ccc21. The van der Waals surface area contributed by atoms with Gasteiger partial charge in [-0.2, -0.15) is 0 Å². The maximum atomic E-state index is 12.1. The van der Waals surface area contributed by atoms with Gasteiger partial charge in [0, 0.05) is 12.6 Å². The molecule has 1 amide bonds. The van der Waals surface area contributed by atoms with Crippen molar-refractivity contribution in [3.8, 4) is 5.75 Å². The van der Waals surface area contributed by atoms with E-state index < -0.39 is 0 Å². The van der Waals surface area contributed by atoms with Crippen molar-refractivity contribution in [1.82, 2.24) is 5.32 Å². The predicted octanol–water partition coefficient (Wildman–Crippen LogP) is 4.97. The lowest BCUT2D eigenvalue weighted by Crippen LogP contribution is -2.20. The maximum Gasteiger partial charge on any atom is 0.246 e. The molecule has 0 unspecified atom stereocenters. The number of amides is 1. The Balaban J connectivity index is 2.39. The molecule has 0 saturated carbocycles. The molecular formula is C21H29NO2. The third kappa shape index (κ3) is 4.73. The molecule has 1 aliphatic rings. The molecule has 130 valence electrons. The molecule has 1 N–H and O–H groups in total. The predicted molar refractivity (Wildman–Crippen MR) is 101 cm³/mol. The zero-order valence-electron chi connectivity index (χ0n) is 15.2. The number of nitrogens with one attached hydrogen (secondary N) is 1. The maximum absolute atomic E-state index is 12.1. The minimum Gasteiger partial charge on any atom is -0.497 e. The number of ether oxygens (including phenoxy) is 1. The van der Waals surface area contributed by atoms with Crippen LogP contribution in [-0.2, 0) is 4.79 Å². The molecule has 3 nitrogen and oxygen atoms in total. The fraction of sp³-hybridized carbons (Fsp3) is 0.476. The molecule has 1 aromatic carbocycles. The van der Waals surface area contributed by atoms with Crippen molar-refractivity contribution < 1.29 is 9.53 Å². The molecule has 1 aliphatic carbocycles. The molecule has 3 heteroatoms. The fourth-order valence-corrected chi connectivity index (χ4v) is 3.17. The van der Waals surface area contributed by atoms with E-state index >= 15 is 0 Å². The van der Waals surface area contributed by atoms with Gasteiger partial charge in [-0.25, -0.2) is 0 Å². The van der Waals surface area contributed by atoms with E-state index in [1.54, 1.807) is 14.2 Å². The number of allylic oxidation sites excluding steroid dienone is 2. The highest BCUT2D eigenvalue weighted by Gasteiger charge is 2.15. The highest BCUT2D eigenvalue weighted by atomic mass is 16.5. The van der Waals surface area contributed by atoms with Gasteiger partial charge >= 0.3 is 0 Å². The van der Waals surface area contributed by atoms with Crippen molar-refractivity contribution in [3.05, 3.63) is 41.0 Å². The van der Waals surface area contributed by atoms with Crippen molar-refractivity contribution in [2.24, 2.45) is 0 Å². The van der Waals surface area contributed by atoms with E-state index in [0.717, 1.165) is 42.6 Å². The standard InChI is InChI=1S/C21H29NO2/c1-4-5-6-7-9-16-10-8-11-17(21(23)22-2)14-18-15-19(24-3)12-13-20(16)18/h9,12-15H,4-8,10-11H2,1-3H3,(H,22,23). The minimum absolute atomic E-state index is 0.0131. The number of methoxy groups -OCH3 is 1. The van der Waals surface area contributed by atoms with Crippen LogP contribution in [-0.4, -0.2) is 20.1 Å². The van der Waals surface area contributed by atoms with Crippen molar-refractivity contribution >= 4 is 17.6 Å². The second-order valence-electron chi connectivity index (χ2n) is 6.28. The Hall–Kier alpha value is -2.03. The summed E-state index contributed by atoms with van der Waals surface area (Å²) in [6.45, 7) is 2.23. The third-order valence-electron chi connectivity index (χ3n) is 4.54. The van der Waals surface area contributed by atoms with Crippen LogP contribution >= 0.6 is 0 Å². The number of carbonyl (C=O) groups excluding carboxylic acids is 1. The first-order chi connectivity index (χ1) is 11.7. The fourth-order valence-electron chi connectivity index (χ4n) is 3.17. The summed E-state index contributed by atoms with van der Waals surface area (Å²) < 4.78 is 5.37. The molecule has 2 rings (SSSR count). The third-order valence-corrected chi connectivity index (χ3v) is 4.54. The Morgan fingerprint density at radius 3 is 2.83 bits per heavy atom. The number of hydrogen-bond donors (Lipinski definition) is 1. The summed E-state index contributed by atoms with van der Waals surface area (Å²) in [5.41, 5.74) is 4.55. The summed E-state index contributed by atoms with van der Waals surface area (Å²) in [5.74, 6) is 0.839. The van der Waals surface area contributed by atoms with Gasteiger partial charge in [-0.15, -0.1) is 0 Å². The molecular weight excluding hydrogens is 298 g/mol. The van der Waals surface area contributed by atoms with Gasteiger partial charge in [0.1, 0.15) is 5.75 Å². The van der Waals surface area contributed by atoms with Crippen LogP contribution in [0.3, 0.4) is 0 Å². The van der Waals surface area contributed by atoms with Crippen LogP contribution in [0.5, 0.6) is 5.75 Å². The van der Waals surface area contributed by atoms with Crippen molar-refractivity contribution in [2.75, 3.05) is 14.2 Å². The van der Waals surface area contributed by atoms with E-state index in [1.165, 1.54) is 30.4 Å². The molecule has 0 atom stereocenters. The van der Waals surface area contributed by atoms with Gasteiger partial charge in [-0.3, -0.25) is 4.79 Å². The van der Waals surface area contributed by atoms with Gasteiger partial charge in [0.2, 0.25) is 5.91 Å². The Labute approximate surface area is 145 Å². The molecule has 1 aromatic rings. The average Bonchev–Trinajstić information content (AvgIpc) is 2.60. The largest absolute Gasteiger partial charge is 0.497 e. The molecule has 0 radical (unpaired) electrons. The number of unbranched alkanes of at least 4 members (excludes halogenated alkanes) is 3. The molecule has 0 bridgehead atoms. The monoisotopic (exact) mass is 327 g/mol. The van der Waals surface area contributed by atoms with Crippen LogP contribution in [0.25, 0.3) is 11.6 Å². The zero-order chi connectivity index (χ0) is 17.4. The van der Waals surface area contributed by atoms with Crippen LogP contribution in [0.1, 0.15) is 63.0 Å². The normalized spacial score (nSPS) is 16.0. The van der Waals surface area contributed by atoms with Crippen LogP contribution in [0.2, 0.25) is 0 Å². The van der Waals surface area contributed by atoms with Gasteiger partial charge < -0.3 is 10.1 Å². The first-order valence-corrected chi connectivity index (χ1v) is 8.99. The molecule has 0 saturated heterocycles. The average molecular weight is 327 g/mol. The van der Waals surface area contributed by atoms with Crippen LogP contribution in [0.15, 0.2) is 29.8 Å². The molecule has 0 aliphatic heterocycles. The quantitative estimate of drug-likeness (QED) is 0.749. The molecule has 0 fully saturated rings. The number of rotatable bonds is 6. The zero-order valence-corrected chi connectivity index (χ0v) is 15.2. The lowest BCUT2D eigenvalue weighted by Gasteiger charge is -2.18. The second-order valence-corrected chi connectivity index (χ2v) is 6.28. The van der Waals surface area contributed by atoms with E-state index in [0.29, 0.717) is 0 Å². The van der Waals surface area contributed by atoms with Crippen LogP contribution < -0.4 is 10.1 Å². The topological polar surface area (TPSA) is 38.3 Å². The van der Waals surface area contributed by atoms with Crippen LogP contribution in [0, 0.1) is 0 Å². The van der Waals surface area contributed by atoms with Gasteiger partial charge in [0.05, 0.1) is 7.11 Å². The van der Waals surface area contributed by atoms with Gasteiger partial charge in [-0.05, 0) is 67.0 Å². The Bertz CT molecular complexity index is 629. The van der Waals surface area contributed by atoms with E-state index in [4.69, 9.17) is 4.74 Å². The Kier molecular flexibility index (Phi) is 7.10. The van der Waals surface area contributed by atoms with E-state index in [1.807, 2.05) is 18.2 Å². The van der Waals surface area contributed by atoms with Crippen molar-refractivity contribution in [3.63, 3.8) is 0 Å². The van der Waals surface area contributed by atoms with Gasteiger partial charge in [-0.1, -0.05) is 31.9 Å². The Morgan fingerprint density at radius 2 is 2.12 bits per heavy atom. The van der Waals surface area contributed by atoms with Gasteiger partial charge in [0.15, 0.2) is 0 Å². The number of likely N-dealkylation sites (N-methyl/N-ethyl adjacent to an activating group) is 1. The minimum atomic E-state index is 0.0131. The van der Waals surface area contributed by atoms with E-state index in [2.05, 4.69) is 24.4 Å². The molecule has 24 heavy (non-hydrogen) atoms. The van der Waals surface area contributed by atoms with E-state index in [9.17, 15) is 4.79 Å². The Morgan fingerprint density at radius 1 is 1.29 bits per heavy atom. The van der Waals surface area contributed by atoms with Crippen molar-refractivity contribution in [2.45, 2.75) is 51.9 Å². The highest BCUT2D eigenvalue weighted by Crippen LogP contribution is 2.33. The molecule has 0 spiro atoms. The van der Waals surface area contributed by atoms with E-state index in [-0.39, 0.29) is 5.91 Å². The molecule has 0 heterocycles. The summed E-state index contributed by atoms with van der Waals surface area (Å²) in [5, 5.41) is 2.75. The van der Waals surface area contributed by atoms with Gasteiger partial charge in [0.25, 0.3) is 0 Å². The summed E-state index contributed by atoms with van der Waals surface area (Å²) in [4.78, 5) is 12.1. The summed E-state index contributed by atoms with van der Waals surface area (Å²) in [6, 6.07) is 6.17.